The van der Waals surface area contributed by atoms with Gasteiger partial charge in [0.2, 0.25) is 5.43 Å². The summed E-state index contributed by atoms with van der Waals surface area (Å²) in [6.45, 7) is 0.869. The molecule has 1 fully saturated rings. The molecule has 2 aromatic carbocycles. The van der Waals surface area contributed by atoms with Crippen LogP contribution in [-0.4, -0.2) is 34.8 Å². The zero-order valence-corrected chi connectivity index (χ0v) is 15.6. The van der Waals surface area contributed by atoms with Crippen LogP contribution in [0.5, 0.6) is 0 Å². The molecule has 7 nitrogen and oxygen atoms in total. The smallest absolute Gasteiger partial charge is 0.341 e. The van der Waals surface area contributed by atoms with Crippen LogP contribution in [0.15, 0.2) is 35.3 Å². The van der Waals surface area contributed by atoms with E-state index in [1.165, 1.54) is 16.7 Å². The lowest BCUT2D eigenvalue weighted by Crippen LogP contribution is -2.56. The first-order chi connectivity index (χ1) is 13.7. The minimum Gasteiger partial charge on any atom is -0.477 e. The van der Waals surface area contributed by atoms with E-state index in [1.807, 2.05) is 0 Å². The number of anilines is 2. The largest absolute Gasteiger partial charge is 0.477 e. The molecule has 5 N–H and O–H groups in total. The molecule has 1 aliphatic heterocycles. The Morgan fingerprint density at radius 2 is 1.83 bits per heavy atom. The van der Waals surface area contributed by atoms with Crippen molar-refractivity contribution in [1.82, 2.24) is 4.57 Å². The van der Waals surface area contributed by atoms with E-state index in [4.69, 9.17) is 23.1 Å². The van der Waals surface area contributed by atoms with Crippen molar-refractivity contribution in [2.24, 2.45) is 5.73 Å². The van der Waals surface area contributed by atoms with Crippen LogP contribution in [0.4, 0.5) is 20.2 Å². The fourth-order valence-electron chi connectivity index (χ4n) is 3.38. The Morgan fingerprint density at radius 3 is 2.45 bits per heavy atom. The third-order valence-electron chi connectivity index (χ3n) is 4.88. The van der Waals surface area contributed by atoms with Gasteiger partial charge < -0.3 is 26.0 Å². The predicted molar refractivity (Wildman–Crippen MR) is 106 cm³/mol. The summed E-state index contributed by atoms with van der Waals surface area (Å²) in [5.41, 5.74) is 10.3. The molecule has 1 aliphatic rings. The second kappa shape index (κ2) is 6.71. The van der Waals surface area contributed by atoms with Crippen LogP contribution in [0.1, 0.15) is 10.4 Å². The molecule has 10 heteroatoms. The Bertz CT molecular complexity index is 1240. The van der Waals surface area contributed by atoms with Gasteiger partial charge in [-0.3, -0.25) is 4.79 Å². The number of fused-ring (bicyclic) bond motifs is 1. The molecule has 0 saturated carbocycles. The quantitative estimate of drug-likeness (QED) is 0.560. The van der Waals surface area contributed by atoms with Crippen LogP contribution in [0.2, 0.25) is 5.02 Å². The highest BCUT2D eigenvalue weighted by atomic mass is 35.5. The molecule has 4 rings (SSSR count). The number of nitrogens with zero attached hydrogens (tertiary/aromatic N) is 2. The number of carboxylic acids is 1. The highest BCUT2D eigenvalue weighted by Crippen LogP contribution is 2.32. The normalized spacial score (nSPS) is 14.3. The molecule has 0 spiro atoms. The first-order valence-electron chi connectivity index (χ1n) is 8.55. The number of rotatable bonds is 3. The average Bonchev–Trinajstić information content (AvgIpc) is 2.63. The van der Waals surface area contributed by atoms with E-state index in [9.17, 15) is 23.5 Å². The Kier molecular flexibility index (Phi) is 4.44. The number of carboxylic acid groups (broad SMARTS) is 1. The van der Waals surface area contributed by atoms with Gasteiger partial charge in [0.25, 0.3) is 0 Å². The van der Waals surface area contributed by atoms with Crippen molar-refractivity contribution in [3.05, 3.63) is 62.9 Å². The van der Waals surface area contributed by atoms with Gasteiger partial charge in [-0.1, -0.05) is 11.6 Å². The van der Waals surface area contributed by atoms with Crippen LogP contribution < -0.4 is 21.8 Å². The first kappa shape index (κ1) is 19.2. The summed E-state index contributed by atoms with van der Waals surface area (Å²) in [7, 11) is 0. The first-order valence-corrected chi connectivity index (χ1v) is 8.92. The van der Waals surface area contributed by atoms with E-state index in [-0.39, 0.29) is 39.0 Å². The van der Waals surface area contributed by atoms with E-state index in [2.05, 4.69) is 0 Å². The molecule has 150 valence electrons. The lowest BCUT2D eigenvalue weighted by Gasteiger charge is -2.39. The van der Waals surface area contributed by atoms with Gasteiger partial charge in [0.1, 0.15) is 17.2 Å². The maximum atomic E-state index is 14.7. The van der Waals surface area contributed by atoms with E-state index in [1.54, 1.807) is 4.90 Å². The number of nitrogen functional groups attached to an aromatic ring is 1. The number of aromatic carboxylic acids is 1. The highest BCUT2D eigenvalue weighted by Gasteiger charge is 2.27. The number of halogens is 3. The SMILES string of the molecule is Nc1cc(-n2cc(C(=O)O)c(=O)c3cc(F)c(N4CC(N)C4)cc32)c(Cl)cc1F. The zero-order valence-electron chi connectivity index (χ0n) is 14.8. The summed E-state index contributed by atoms with van der Waals surface area (Å²) in [4.78, 5) is 25.9. The van der Waals surface area contributed by atoms with Gasteiger partial charge in [-0.25, -0.2) is 13.6 Å². The monoisotopic (exact) mass is 420 g/mol. The average molecular weight is 421 g/mol. The summed E-state index contributed by atoms with van der Waals surface area (Å²) >= 11 is 6.16. The molecular formula is C19H15ClF2N4O3. The van der Waals surface area contributed by atoms with E-state index < -0.39 is 28.6 Å². The summed E-state index contributed by atoms with van der Waals surface area (Å²) < 4.78 is 29.7. The highest BCUT2D eigenvalue weighted by molar-refractivity contribution is 6.32. The minimum absolute atomic E-state index is 0.0603. The van der Waals surface area contributed by atoms with Crippen LogP contribution in [0.3, 0.4) is 0 Å². The molecule has 1 aromatic heterocycles. The lowest BCUT2D eigenvalue weighted by atomic mass is 10.1. The topological polar surface area (TPSA) is 115 Å². The lowest BCUT2D eigenvalue weighted by molar-refractivity contribution is 0.0695. The maximum absolute atomic E-state index is 14.7. The third kappa shape index (κ3) is 3.08. The molecule has 3 aromatic rings. The van der Waals surface area contributed by atoms with Crippen molar-refractivity contribution in [3.63, 3.8) is 0 Å². The number of pyridine rings is 1. The number of benzene rings is 2. The molecule has 1 saturated heterocycles. The third-order valence-corrected chi connectivity index (χ3v) is 5.18. The Labute approximate surface area is 167 Å². The molecule has 0 amide bonds. The Balaban J connectivity index is 2.07. The van der Waals surface area contributed by atoms with E-state index in [0.717, 1.165) is 18.3 Å². The molecule has 29 heavy (non-hydrogen) atoms. The van der Waals surface area contributed by atoms with Crippen molar-refractivity contribution in [1.29, 1.82) is 0 Å². The molecular weight excluding hydrogens is 406 g/mol. The van der Waals surface area contributed by atoms with Gasteiger partial charge in [-0.15, -0.1) is 0 Å². The maximum Gasteiger partial charge on any atom is 0.341 e. The standard InChI is InChI=1S/C19H15ClF2N4O3/c20-11-2-12(21)14(24)3-16(11)26-7-10(19(28)29)18(27)9-1-13(22)17(4-15(9)26)25-5-8(23)6-25/h1-4,7-8H,5-6,23-24H2,(H,28,29). The van der Waals surface area contributed by atoms with E-state index >= 15 is 0 Å². The fraction of sp³-hybridized carbons (Fsp3) is 0.158. The van der Waals surface area contributed by atoms with Gasteiger partial charge in [-0.2, -0.15) is 0 Å². The minimum atomic E-state index is -1.49. The van der Waals surface area contributed by atoms with Crippen molar-refractivity contribution >= 4 is 39.8 Å². The van der Waals surface area contributed by atoms with Crippen molar-refractivity contribution in [2.75, 3.05) is 23.7 Å². The van der Waals surface area contributed by atoms with Crippen LogP contribution in [0, 0.1) is 11.6 Å². The molecule has 0 radical (unpaired) electrons. The van der Waals surface area contributed by atoms with Gasteiger partial charge in [-0.05, 0) is 24.3 Å². The van der Waals surface area contributed by atoms with Crippen LogP contribution in [0.25, 0.3) is 16.6 Å². The van der Waals surface area contributed by atoms with Gasteiger partial charge in [0, 0.05) is 30.7 Å². The van der Waals surface area contributed by atoms with Gasteiger partial charge >= 0.3 is 5.97 Å². The van der Waals surface area contributed by atoms with Crippen molar-refractivity contribution < 1.29 is 18.7 Å². The summed E-state index contributed by atoms with van der Waals surface area (Å²) in [5.74, 6) is -2.92. The van der Waals surface area contributed by atoms with Crippen molar-refractivity contribution in [2.45, 2.75) is 6.04 Å². The molecule has 2 heterocycles. The molecule has 0 aliphatic carbocycles. The number of nitrogens with two attached hydrogens (primary N) is 2. The van der Waals surface area contributed by atoms with Gasteiger partial charge in [0.15, 0.2) is 0 Å². The summed E-state index contributed by atoms with van der Waals surface area (Å²) in [5, 5.41) is 9.19. The fourth-order valence-corrected chi connectivity index (χ4v) is 3.62. The summed E-state index contributed by atoms with van der Waals surface area (Å²) in [6, 6.07) is 4.51. The van der Waals surface area contributed by atoms with Crippen LogP contribution in [-0.2, 0) is 0 Å². The molecule has 0 atom stereocenters. The summed E-state index contributed by atoms with van der Waals surface area (Å²) in [6.07, 6.45) is 1.06. The van der Waals surface area contributed by atoms with E-state index in [0.29, 0.717) is 13.1 Å². The van der Waals surface area contributed by atoms with Crippen LogP contribution >= 0.6 is 11.6 Å². The van der Waals surface area contributed by atoms with Gasteiger partial charge in [0.05, 0.1) is 27.6 Å². The zero-order chi connectivity index (χ0) is 21.0. The number of hydrogen-bond acceptors (Lipinski definition) is 5. The number of hydrogen-bond donors (Lipinski definition) is 3. The predicted octanol–water partition coefficient (Wildman–Crippen LogP) is 2.35. The van der Waals surface area contributed by atoms with Crippen molar-refractivity contribution in [3.8, 4) is 5.69 Å². The molecule has 0 unspecified atom stereocenters. The number of aromatic nitrogens is 1. The Morgan fingerprint density at radius 1 is 1.14 bits per heavy atom. The Hall–Kier alpha value is -3.17. The second-order valence-electron chi connectivity index (χ2n) is 6.86. The second-order valence-corrected chi connectivity index (χ2v) is 7.27. The molecule has 0 bridgehead atoms. The number of carbonyl (C=O) groups is 1.